The molecule has 0 spiro atoms. The van der Waals surface area contributed by atoms with Gasteiger partial charge < -0.3 is 0 Å². The van der Waals surface area contributed by atoms with Crippen molar-refractivity contribution >= 4 is 0 Å². The van der Waals surface area contributed by atoms with E-state index in [9.17, 15) is 0 Å². The van der Waals surface area contributed by atoms with E-state index in [0.717, 1.165) is 24.7 Å². The molecule has 2 aliphatic carbocycles. The number of unbranched alkanes of at least 4 members (excludes halogenated alkanes) is 1. The van der Waals surface area contributed by atoms with Gasteiger partial charge in [0.2, 0.25) is 0 Å². The number of rotatable bonds is 14. The van der Waals surface area contributed by atoms with Gasteiger partial charge in [0.25, 0.3) is 0 Å². The molecule has 2 aliphatic rings. The van der Waals surface area contributed by atoms with Crippen molar-refractivity contribution in [2.24, 2.45) is 22.7 Å². The van der Waals surface area contributed by atoms with Crippen LogP contribution in [0.25, 0.3) is 0 Å². The van der Waals surface area contributed by atoms with Gasteiger partial charge in [-0.05, 0) is 127 Å². The maximum absolute atomic E-state index is 2.50. The van der Waals surface area contributed by atoms with Crippen LogP contribution in [0.5, 0.6) is 0 Å². The van der Waals surface area contributed by atoms with Crippen LogP contribution >= 0.6 is 0 Å². The van der Waals surface area contributed by atoms with Crippen molar-refractivity contribution in [3.63, 3.8) is 0 Å². The number of allylic oxidation sites excluding steroid dienone is 14. The van der Waals surface area contributed by atoms with Gasteiger partial charge in [-0.3, -0.25) is 0 Å². The fraction of sp³-hybridized carbons (Fsp3) is 0.650. The van der Waals surface area contributed by atoms with Gasteiger partial charge in [0.1, 0.15) is 0 Å². The summed E-state index contributed by atoms with van der Waals surface area (Å²) in [6, 6.07) is 0. The van der Waals surface area contributed by atoms with Crippen molar-refractivity contribution in [1.82, 2.24) is 0 Å². The molecule has 0 saturated heterocycles. The maximum Gasteiger partial charge on any atom is -0.0104 e. The van der Waals surface area contributed by atoms with Crippen LogP contribution in [-0.4, -0.2) is 0 Å². The lowest BCUT2D eigenvalue weighted by Gasteiger charge is -2.39. The van der Waals surface area contributed by atoms with Crippen molar-refractivity contribution in [1.29, 1.82) is 0 Å². The second-order valence-corrected chi connectivity index (χ2v) is 14.7. The van der Waals surface area contributed by atoms with Crippen LogP contribution in [0.2, 0.25) is 0 Å². The molecule has 0 radical (unpaired) electrons. The molecule has 0 saturated carbocycles. The molecule has 2 atom stereocenters. The Hall–Kier alpha value is -1.82. The van der Waals surface area contributed by atoms with E-state index in [1.165, 1.54) is 80.9 Å². The second-order valence-electron chi connectivity index (χ2n) is 14.7. The van der Waals surface area contributed by atoms with Gasteiger partial charge in [0.15, 0.2) is 0 Å². The molecule has 0 N–H and O–H groups in total. The Morgan fingerprint density at radius 3 is 2.38 bits per heavy atom. The molecule has 224 valence electrons. The van der Waals surface area contributed by atoms with E-state index in [1.54, 1.807) is 16.7 Å². The fourth-order valence-electron chi connectivity index (χ4n) is 6.99. The Balaban J connectivity index is 1.68. The summed E-state index contributed by atoms with van der Waals surface area (Å²) in [6.07, 6.45) is 34.1. The van der Waals surface area contributed by atoms with Crippen LogP contribution < -0.4 is 0 Å². The van der Waals surface area contributed by atoms with Gasteiger partial charge in [-0.25, -0.2) is 0 Å². The van der Waals surface area contributed by atoms with Gasteiger partial charge in [0, 0.05) is 0 Å². The lowest BCUT2D eigenvalue weighted by Crippen LogP contribution is -2.28. The van der Waals surface area contributed by atoms with E-state index < -0.39 is 0 Å². The minimum absolute atomic E-state index is 0.308. The minimum Gasteiger partial charge on any atom is -0.0853 e. The molecular formula is C40H64. The molecule has 0 aromatic heterocycles. The topological polar surface area (TPSA) is 0 Å². The summed E-state index contributed by atoms with van der Waals surface area (Å²) in [7, 11) is 0. The van der Waals surface area contributed by atoms with Crippen LogP contribution in [0, 0.1) is 22.7 Å². The molecule has 0 nitrogen and oxygen atoms in total. The van der Waals surface area contributed by atoms with E-state index in [4.69, 9.17) is 0 Å². The predicted octanol–water partition coefficient (Wildman–Crippen LogP) is 13.2. The average Bonchev–Trinajstić information content (AvgIpc) is 2.85. The largest absolute Gasteiger partial charge is 0.0853 e. The fourth-order valence-corrected chi connectivity index (χ4v) is 6.99. The molecule has 0 bridgehead atoms. The summed E-state index contributed by atoms with van der Waals surface area (Å²) in [5.74, 6) is 1.62. The molecule has 40 heavy (non-hydrogen) atoms. The van der Waals surface area contributed by atoms with Gasteiger partial charge in [0.05, 0.1) is 0 Å². The Morgan fingerprint density at radius 2 is 1.68 bits per heavy atom. The van der Waals surface area contributed by atoms with Gasteiger partial charge >= 0.3 is 0 Å². The zero-order valence-electron chi connectivity index (χ0n) is 28.3. The molecule has 0 aromatic rings. The smallest absolute Gasteiger partial charge is 0.0104 e. The summed E-state index contributed by atoms with van der Waals surface area (Å²) >= 11 is 0. The first-order valence-corrected chi connectivity index (χ1v) is 16.5. The van der Waals surface area contributed by atoms with Crippen LogP contribution in [0.4, 0.5) is 0 Å². The first kappa shape index (κ1) is 34.4. The van der Waals surface area contributed by atoms with E-state index in [2.05, 4.69) is 118 Å². The normalized spacial score (nSPS) is 23.3. The monoisotopic (exact) mass is 545 g/mol. The lowest BCUT2D eigenvalue weighted by atomic mass is 9.66. The Morgan fingerprint density at radius 1 is 0.950 bits per heavy atom. The van der Waals surface area contributed by atoms with E-state index in [1.807, 2.05) is 0 Å². The van der Waals surface area contributed by atoms with Crippen molar-refractivity contribution in [3.8, 4) is 0 Å². The predicted molar refractivity (Wildman–Crippen MR) is 182 cm³/mol. The molecular weight excluding hydrogens is 480 g/mol. The highest BCUT2D eigenvalue weighted by atomic mass is 14.4. The minimum atomic E-state index is 0.308. The van der Waals surface area contributed by atoms with Crippen molar-refractivity contribution in [2.45, 2.75) is 146 Å². The van der Waals surface area contributed by atoms with Crippen LogP contribution in [0.3, 0.4) is 0 Å². The maximum atomic E-state index is 2.50. The molecule has 1 unspecified atom stereocenters. The third kappa shape index (κ3) is 12.0. The summed E-state index contributed by atoms with van der Waals surface area (Å²) in [5, 5.41) is 0. The standard InChI is InChI=1S/C40H64/c1-31(19-13-21-33(3)25-27-37-35(5)23-15-29-39(37,7)8)17-11-12-18-32(2)20-14-22-34(4)26-28-38-36(6)24-16-30-40(38,9)10/h13,17-19,21,24-25,27,34,38H,11-12,14-16,20,22-23,26,28-30H2,1-10H3/b19-13+,27-25+,31-17+,32-18+,33-21+/t34?,38-/m0/s1. The highest BCUT2D eigenvalue weighted by molar-refractivity contribution is 5.37. The zero-order valence-corrected chi connectivity index (χ0v) is 28.3. The van der Waals surface area contributed by atoms with E-state index >= 15 is 0 Å². The molecule has 0 heterocycles. The Kier molecular flexibility index (Phi) is 14.3. The quantitative estimate of drug-likeness (QED) is 0.116. The first-order valence-electron chi connectivity index (χ1n) is 16.5. The summed E-state index contributed by atoms with van der Waals surface area (Å²) in [6.45, 7) is 23.6. The van der Waals surface area contributed by atoms with Crippen molar-refractivity contribution < 1.29 is 0 Å². The highest BCUT2D eigenvalue weighted by Gasteiger charge is 2.32. The summed E-state index contributed by atoms with van der Waals surface area (Å²) in [4.78, 5) is 0. The number of hydrogen-bond donors (Lipinski definition) is 0. The van der Waals surface area contributed by atoms with E-state index in [-0.39, 0.29) is 0 Å². The second kappa shape index (κ2) is 16.6. The van der Waals surface area contributed by atoms with Gasteiger partial charge in [-0.1, -0.05) is 124 Å². The molecule has 0 amide bonds. The molecule has 0 aromatic carbocycles. The summed E-state index contributed by atoms with van der Waals surface area (Å²) < 4.78 is 0. The van der Waals surface area contributed by atoms with Crippen LogP contribution in [0.15, 0.2) is 82.0 Å². The van der Waals surface area contributed by atoms with Crippen molar-refractivity contribution in [2.75, 3.05) is 0 Å². The van der Waals surface area contributed by atoms with Crippen molar-refractivity contribution in [3.05, 3.63) is 82.0 Å². The van der Waals surface area contributed by atoms with Gasteiger partial charge in [-0.15, -0.1) is 0 Å². The third-order valence-corrected chi connectivity index (χ3v) is 9.86. The molecule has 0 heteroatoms. The number of hydrogen-bond acceptors (Lipinski definition) is 0. The van der Waals surface area contributed by atoms with Crippen LogP contribution in [-0.2, 0) is 0 Å². The SMILES string of the molecule is CC1=CCCC(C)(C)[C@H]1CCC(C)CCC/C(C)=C/CC/C=C(C)/C=C/C=C(C)/C=C/C1=C(C)CCCC1(C)C. The summed E-state index contributed by atoms with van der Waals surface area (Å²) in [5.41, 5.74) is 9.77. The van der Waals surface area contributed by atoms with E-state index in [0.29, 0.717) is 10.8 Å². The molecule has 0 aliphatic heterocycles. The Labute approximate surface area is 250 Å². The van der Waals surface area contributed by atoms with Crippen LogP contribution in [0.1, 0.15) is 146 Å². The first-order chi connectivity index (χ1) is 18.8. The van der Waals surface area contributed by atoms with Gasteiger partial charge in [-0.2, -0.15) is 0 Å². The lowest BCUT2D eigenvalue weighted by molar-refractivity contribution is 0.193. The Bertz CT molecular complexity index is 1010. The molecule has 2 rings (SSSR count). The highest BCUT2D eigenvalue weighted by Crippen LogP contribution is 2.44. The third-order valence-electron chi connectivity index (χ3n) is 9.86. The zero-order chi connectivity index (χ0) is 29.8. The average molecular weight is 545 g/mol. The molecule has 0 fully saturated rings.